The Bertz CT molecular complexity index is 401. The molecule has 0 heterocycles. The van der Waals surface area contributed by atoms with Gasteiger partial charge in [0.2, 0.25) is 0 Å². The Labute approximate surface area is 121 Å². The summed E-state index contributed by atoms with van der Waals surface area (Å²) in [6, 6.07) is 8.29. The highest BCUT2D eigenvalue weighted by atomic mass is 35.5. The predicted octanol–water partition coefficient (Wildman–Crippen LogP) is 3.86. The van der Waals surface area contributed by atoms with E-state index in [-0.39, 0.29) is 6.61 Å². The highest BCUT2D eigenvalue weighted by molar-refractivity contribution is 6.30. The van der Waals surface area contributed by atoms with E-state index in [9.17, 15) is 5.11 Å². The van der Waals surface area contributed by atoms with Crippen molar-refractivity contribution in [1.82, 2.24) is 5.32 Å². The van der Waals surface area contributed by atoms with Gasteiger partial charge in [0.15, 0.2) is 0 Å². The number of nitrogens with one attached hydrogen (secondary N) is 1. The highest BCUT2D eigenvalue weighted by Gasteiger charge is 2.29. The Morgan fingerprint density at radius 2 is 1.95 bits per heavy atom. The van der Waals surface area contributed by atoms with Crippen LogP contribution in [0.5, 0.6) is 0 Å². The molecule has 0 aliphatic heterocycles. The number of aliphatic hydroxyl groups excluding tert-OH is 1. The van der Waals surface area contributed by atoms with Crippen LogP contribution < -0.4 is 5.32 Å². The average Bonchev–Trinajstić information content (AvgIpc) is 2.67. The second-order valence-corrected chi connectivity index (χ2v) is 6.27. The van der Waals surface area contributed by atoms with Crippen molar-refractivity contribution < 1.29 is 5.11 Å². The van der Waals surface area contributed by atoms with Gasteiger partial charge in [-0.25, -0.2) is 0 Å². The second kappa shape index (κ2) is 6.74. The molecule has 0 amide bonds. The maximum absolute atomic E-state index is 9.82. The molecule has 1 aliphatic rings. The summed E-state index contributed by atoms with van der Waals surface area (Å²) in [6.07, 6.45) is 7.66. The standard InChI is InChI=1S/C16H24ClNO/c1-16(12-19,13-7-6-8-14(17)11-13)18-15-9-4-2-3-5-10-15/h6-8,11,15,18-19H,2-5,9-10,12H2,1H3. The molecule has 19 heavy (non-hydrogen) atoms. The van der Waals surface area contributed by atoms with Gasteiger partial charge in [-0.2, -0.15) is 0 Å². The molecule has 0 saturated heterocycles. The zero-order chi connectivity index (χ0) is 13.7. The zero-order valence-electron chi connectivity index (χ0n) is 11.7. The molecule has 0 aromatic heterocycles. The third kappa shape index (κ3) is 3.95. The quantitative estimate of drug-likeness (QED) is 0.822. The lowest BCUT2D eigenvalue weighted by atomic mass is 9.91. The Morgan fingerprint density at radius 3 is 2.53 bits per heavy atom. The van der Waals surface area contributed by atoms with Crippen molar-refractivity contribution in [1.29, 1.82) is 0 Å². The minimum atomic E-state index is -0.403. The fourth-order valence-electron chi connectivity index (χ4n) is 2.93. The zero-order valence-corrected chi connectivity index (χ0v) is 12.4. The number of benzene rings is 1. The van der Waals surface area contributed by atoms with Crippen LogP contribution in [0.1, 0.15) is 51.0 Å². The second-order valence-electron chi connectivity index (χ2n) is 5.83. The maximum Gasteiger partial charge on any atom is 0.0652 e. The van der Waals surface area contributed by atoms with Crippen LogP contribution in [0.15, 0.2) is 24.3 Å². The minimum absolute atomic E-state index is 0.0871. The number of hydrogen-bond acceptors (Lipinski definition) is 2. The van der Waals surface area contributed by atoms with Gasteiger partial charge >= 0.3 is 0 Å². The largest absolute Gasteiger partial charge is 0.394 e. The summed E-state index contributed by atoms with van der Waals surface area (Å²) in [6.45, 7) is 2.15. The first-order valence-corrected chi connectivity index (χ1v) is 7.66. The van der Waals surface area contributed by atoms with Gasteiger partial charge in [-0.3, -0.25) is 0 Å². The Kier molecular flexibility index (Phi) is 5.26. The van der Waals surface area contributed by atoms with E-state index in [4.69, 9.17) is 11.6 Å². The van der Waals surface area contributed by atoms with Gasteiger partial charge in [-0.15, -0.1) is 0 Å². The number of hydrogen-bond donors (Lipinski definition) is 2. The van der Waals surface area contributed by atoms with Crippen LogP contribution in [0.25, 0.3) is 0 Å². The van der Waals surface area contributed by atoms with Gasteiger partial charge in [0.05, 0.1) is 12.1 Å². The molecule has 0 bridgehead atoms. The van der Waals surface area contributed by atoms with Gasteiger partial charge in [-0.05, 0) is 37.5 Å². The lowest BCUT2D eigenvalue weighted by molar-refractivity contribution is 0.157. The fraction of sp³-hybridized carbons (Fsp3) is 0.625. The van der Waals surface area contributed by atoms with Crippen LogP contribution in [0.2, 0.25) is 5.02 Å². The van der Waals surface area contributed by atoms with Crippen LogP contribution in [0.3, 0.4) is 0 Å². The van der Waals surface area contributed by atoms with E-state index in [2.05, 4.69) is 12.2 Å². The van der Waals surface area contributed by atoms with E-state index in [1.54, 1.807) is 0 Å². The molecule has 1 fully saturated rings. The molecule has 3 heteroatoms. The molecule has 1 aromatic carbocycles. The predicted molar refractivity (Wildman–Crippen MR) is 80.5 cm³/mol. The molecule has 2 rings (SSSR count). The van der Waals surface area contributed by atoms with Crippen molar-refractivity contribution in [3.63, 3.8) is 0 Å². The van der Waals surface area contributed by atoms with Crippen molar-refractivity contribution in [2.75, 3.05) is 6.61 Å². The van der Waals surface area contributed by atoms with Gasteiger partial charge < -0.3 is 10.4 Å². The van der Waals surface area contributed by atoms with E-state index in [1.807, 2.05) is 24.3 Å². The lowest BCUT2D eigenvalue weighted by Crippen LogP contribution is -2.48. The number of rotatable bonds is 4. The van der Waals surface area contributed by atoms with Gasteiger partial charge in [-0.1, -0.05) is 49.4 Å². The molecular weight excluding hydrogens is 258 g/mol. The maximum atomic E-state index is 9.82. The third-order valence-corrected chi connectivity index (χ3v) is 4.39. The van der Waals surface area contributed by atoms with Crippen molar-refractivity contribution in [3.05, 3.63) is 34.9 Å². The van der Waals surface area contributed by atoms with Crippen molar-refractivity contribution in [2.24, 2.45) is 0 Å². The van der Waals surface area contributed by atoms with Gasteiger partial charge in [0.25, 0.3) is 0 Å². The topological polar surface area (TPSA) is 32.3 Å². The first kappa shape index (κ1) is 14.8. The van der Waals surface area contributed by atoms with Crippen molar-refractivity contribution in [2.45, 2.75) is 57.0 Å². The smallest absolute Gasteiger partial charge is 0.0652 e. The van der Waals surface area contributed by atoms with Gasteiger partial charge in [0.1, 0.15) is 0 Å². The Morgan fingerprint density at radius 1 is 1.26 bits per heavy atom. The van der Waals surface area contributed by atoms with E-state index in [0.29, 0.717) is 6.04 Å². The SMILES string of the molecule is CC(CO)(NC1CCCCCC1)c1cccc(Cl)c1. The molecule has 0 radical (unpaired) electrons. The molecule has 1 aromatic rings. The first-order valence-electron chi connectivity index (χ1n) is 7.29. The van der Waals surface area contributed by atoms with Crippen LogP contribution >= 0.6 is 11.6 Å². The molecule has 0 spiro atoms. The summed E-state index contributed by atoms with van der Waals surface area (Å²) in [4.78, 5) is 0. The lowest BCUT2D eigenvalue weighted by Gasteiger charge is -2.34. The number of halogens is 1. The monoisotopic (exact) mass is 281 g/mol. The van der Waals surface area contributed by atoms with Crippen LogP contribution in [0.4, 0.5) is 0 Å². The summed E-state index contributed by atoms with van der Waals surface area (Å²) in [7, 11) is 0. The highest BCUT2D eigenvalue weighted by Crippen LogP contribution is 2.27. The van der Waals surface area contributed by atoms with E-state index >= 15 is 0 Å². The fourth-order valence-corrected chi connectivity index (χ4v) is 3.12. The molecule has 2 nitrogen and oxygen atoms in total. The molecule has 1 atom stereocenters. The Hall–Kier alpha value is -0.570. The summed E-state index contributed by atoms with van der Waals surface area (Å²) < 4.78 is 0. The van der Waals surface area contributed by atoms with Crippen LogP contribution in [-0.2, 0) is 5.54 Å². The van der Waals surface area contributed by atoms with Crippen molar-refractivity contribution in [3.8, 4) is 0 Å². The summed E-state index contributed by atoms with van der Waals surface area (Å²) in [5.41, 5.74) is 0.659. The van der Waals surface area contributed by atoms with Crippen LogP contribution in [0, 0.1) is 0 Å². The third-order valence-electron chi connectivity index (χ3n) is 4.16. The number of aliphatic hydroxyl groups is 1. The van der Waals surface area contributed by atoms with E-state index in [1.165, 1.54) is 38.5 Å². The minimum Gasteiger partial charge on any atom is -0.394 e. The molecule has 2 N–H and O–H groups in total. The van der Waals surface area contributed by atoms with Crippen LogP contribution in [-0.4, -0.2) is 17.8 Å². The normalized spacial score (nSPS) is 20.8. The molecule has 106 valence electrons. The molecule has 1 aliphatic carbocycles. The molecular formula is C16H24ClNO. The first-order chi connectivity index (χ1) is 9.14. The molecule has 1 unspecified atom stereocenters. The Balaban J connectivity index is 2.12. The van der Waals surface area contributed by atoms with Crippen molar-refractivity contribution >= 4 is 11.6 Å². The molecule has 1 saturated carbocycles. The summed E-state index contributed by atoms with van der Waals surface area (Å²) in [5.74, 6) is 0. The van der Waals surface area contributed by atoms with E-state index in [0.717, 1.165) is 10.6 Å². The van der Waals surface area contributed by atoms with E-state index < -0.39 is 5.54 Å². The summed E-state index contributed by atoms with van der Waals surface area (Å²) in [5, 5.41) is 14.2. The van der Waals surface area contributed by atoms with Gasteiger partial charge in [0, 0.05) is 11.1 Å². The average molecular weight is 282 g/mol. The summed E-state index contributed by atoms with van der Waals surface area (Å²) >= 11 is 6.07.